The number of anilines is 2. The van der Waals surface area contributed by atoms with Gasteiger partial charge in [-0.25, -0.2) is 4.79 Å². The summed E-state index contributed by atoms with van der Waals surface area (Å²) in [4.78, 5) is 25.6. The highest BCUT2D eigenvalue weighted by Gasteiger charge is 2.27. The van der Waals surface area contributed by atoms with E-state index in [0.717, 1.165) is 16.5 Å². The Morgan fingerprint density at radius 3 is 2.39 bits per heavy atom. The van der Waals surface area contributed by atoms with Crippen molar-refractivity contribution >= 4 is 50.0 Å². The SMILES string of the molecule is CCC(C)C(NC(=O)Nc1ccc(C(C)C)cc1)C(=O)Nc1nnc(-c2cccc(Br)c2)s1. The lowest BCUT2D eigenvalue weighted by molar-refractivity contribution is -0.119. The molecule has 174 valence electrons. The highest BCUT2D eigenvalue weighted by molar-refractivity contribution is 9.10. The molecule has 0 saturated heterocycles. The van der Waals surface area contributed by atoms with Crippen molar-refractivity contribution in [1.82, 2.24) is 15.5 Å². The number of nitrogens with one attached hydrogen (secondary N) is 3. The lowest BCUT2D eigenvalue weighted by Gasteiger charge is -2.23. The van der Waals surface area contributed by atoms with Crippen LogP contribution in [0, 0.1) is 5.92 Å². The first-order chi connectivity index (χ1) is 15.8. The van der Waals surface area contributed by atoms with Gasteiger partial charge in [-0.3, -0.25) is 10.1 Å². The van der Waals surface area contributed by atoms with Crippen LogP contribution in [0.3, 0.4) is 0 Å². The van der Waals surface area contributed by atoms with E-state index in [1.54, 1.807) is 0 Å². The second-order valence-corrected chi connectivity index (χ2v) is 10.0. The fourth-order valence-electron chi connectivity index (χ4n) is 3.16. The normalized spacial score (nSPS) is 12.8. The summed E-state index contributed by atoms with van der Waals surface area (Å²) in [5, 5.41) is 17.8. The third kappa shape index (κ3) is 6.85. The van der Waals surface area contributed by atoms with Gasteiger partial charge in [0.2, 0.25) is 11.0 Å². The molecule has 0 fully saturated rings. The number of halogens is 1. The van der Waals surface area contributed by atoms with Crippen LogP contribution < -0.4 is 16.0 Å². The summed E-state index contributed by atoms with van der Waals surface area (Å²) >= 11 is 4.73. The van der Waals surface area contributed by atoms with Gasteiger partial charge in [0.05, 0.1) is 0 Å². The van der Waals surface area contributed by atoms with Crippen LogP contribution in [0.5, 0.6) is 0 Å². The Kier molecular flexibility index (Phi) is 8.57. The molecule has 9 heteroatoms. The molecule has 0 spiro atoms. The minimum atomic E-state index is -0.719. The Balaban J connectivity index is 1.65. The van der Waals surface area contributed by atoms with Crippen LogP contribution in [-0.2, 0) is 4.79 Å². The van der Waals surface area contributed by atoms with Gasteiger partial charge in [0, 0.05) is 15.7 Å². The highest BCUT2D eigenvalue weighted by atomic mass is 79.9. The third-order valence-electron chi connectivity index (χ3n) is 5.34. The first-order valence-electron chi connectivity index (χ1n) is 10.8. The van der Waals surface area contributed by atoms with Crippen molar-refractivity contribution in [3.8, 4) is 10.6 Å². The molecule has 0 radical (unpaired) electrons. The molecule has 7 nitrogen and oxygen atoms in total. The average Bonchev–Trinajstić information content (AvgIpc) is 3.25. The van der Waals surface area contributed by atoms with Crippen LogP contribution in [0.2, 0.25) is 0 Å². The first-order valence-corrected chi connectivity index (χ1v) is 12.5. The summed E-state index contributed by atoms with van der Waals surface area (Å²) in [6, 6.07) is 14.2. The molecular weight excluding hydrogens is 502 g/mol. The molecule has 0 aliphatic rings. The van der Waals surface area contributed by atoms with Crippen molar-refractivity contribution in [2.45, 2.75) is 46.1 Å². The molecular formula is C24H28BrN5O2S. The van der Waals surface area contributed by atoms with Crippen LogP contribution >= 0.6 is 27.3 Å². The largest absolute Gasteiger partial charge is 0.326 e. The number of benzene rings is 2. The van der Waals surface area contributed by atoms with Gasteiger partial charge in [-0.05, 0) is 41.7 Å². The van der Waals surface area contributed by atoms with Crippen LogP contribution in [-0.4, -0.2) is 28.2 Å². The summed E-state index contributed by atoms with van der Waals surface area (Å²) < 4.78 is 0.937. The molecule has 33 heavy (non-hydrogen) atoms. The number of urea groups is 1. The van der Waals surface area contributed by atoms with Crippen LogP contribution in [0.4, 0.5) is 15.6 Å². The van der Waals surface area contributed by atoms with Crippen LogP contribution in [0.1, 0.15) is 45.6 Å². The molecule has 3 rings (SSSR count). The van der Waals surface area contributed by atoms with Gasteiger partial charge < -0.3 is 10.6 Å². The van der Waals surface area contributed by atoms with E-state index < -0.39 is 12.1 Å². The number of hydrogen-bond donors (Lipinski definition) is 3. The maximum Gasteiger partial charge on any atom is 0.319 e. The molecule has 3 amide bonds. The van der Waals surface area contributed by atoms with Crippen molar-refractivity contribution in [3.05, 3.63) is 58.6 Å². The van der Waals surface area contributed by atoms with Gasteiger partial charge in [0.15, 0.2) is 0 Å². The number of rotatable bonds is 8. The maximum atomic E-state index is 13.0. The van der Waals surface area contributed by atoms with Crippen molar-refractivity contribution in [1.29, 1.82) is 0 Å². The third-order valence-corrected chi connectivity index (χ3v) is 6.72. The van der Waals surface area contributed by atoms with Gasteiger partial charge in [-0.2, -0.15) is 0 Å². The minimum Gasteiger partial charge on any atom is -0.326 e. The van der Waals surface area contributed by atoms with E-state index in [1.807, 2.05) is 62.4 Å². The van der Waals surface area contributed by atoms with Crippen molar-refractivity contribution in [2.24, 2.45) is 5.92 Å². The Labute approximate surface area is 206 Å². The molecule has 0 aliphatic heterocycles. The predicted octanol–water partition coefficient (Wildman–Crippen LogP) is 6.27. The van der Waals surface area contributed by atoms with Crippen molar-refractivity contribution < 1.29 is 9.59 Å². The molecule has 0 saturated carbocycles. The van der Waals surface area contributed by atoms with Crippen molar-refractivity contribution in [3.63, 3.8) is 0 Å². The Morgan fingerprint density at radius 1 is 1.03 bits per heavy atom. The van der Waals surface area contributed by atoms with E-state index in [1.165, 1.54) is 16.9 Å². The van der Waals surface area contributed by atoms with Gasteiger partial charge in [0.1, 0.15) is 11.0 Å². The maximum absolute atomic E-state index is 13.0. The van der Waals surface area contributed by atoms with Gasteiger partial charge in [0.25, 0.3) is 0 Å². The minimum absolute atomic E-state index is 0.0727. The first kappa shape index (κ1) is 24.9. The molecule has 2 atom stereocenters. The highest BCUT2D eigenvalue weighted by Crippen LogP contribution is 2.28. The van der Waals surface area contributed by atoms with E-state index in [9.17, 15) is 9.59 Å². The van der Waals surface area contributed by atoms with Gasteiger partial charge >= 0.3 is 6.03 Å². The molecule has 2 unspecified atom stereocenters. The van der Waals surface area contributed by atoms with E-state index in [2.05, 4.69) is 55.9 Å². The van der Waals surface area contributed by atoms with E-state index >= 15 is 0 Å². The van der Waals surface area contributed by atoms with Crippen LogP contribution in [0.25, 0.3) is 10.6 Å². The quantitative estimate of drug-likeness (QED) is 0.320. The zero-order chi connectivity index (χ0) is 24.0. The number of aromatic nitrogens is 2. The summed E-state index contributed by atoms with van der Waals surface area (Å²) in [6.45, 7) is 8.13. The summed E-state index contributed by atoms with van der Waals surface area (Å²) in [5.41, 5.74) is 2.77. The van der Waals surface area contributed by atoms with E-state index in [4.69, 9.17) is 0 Å². The lowest BCUT2D eigenvalue weighted by Crippen LogP contribution is -2.49. The van der Waals surface area contributed by atoms with Gasteiger partial charge in [-0.15, -0.1) is 10.2 Å². The molecule has 2 aromatic carbocycles. The second kappa shape index (κ2) is 11.4. The molecule has 1 aromatic heterocycles. The Morgan fingerprint density at radius 2 is 1.76 bits per heavy atom. The molecule has 1 heterocycles. The number of carbonyl (C=O) groups is 2. The monoisotopic (exact) mass is 529 g/mol. The van der Waals surface area contributed by atoms with E-state index in [0.29, 0.717) is 21.7 Å². The topological polar surface area (TPSA) is 96.0 Å². The number of carbonyl (C=O) groups excluding carboxylic acids is 2. The van der Waals surface area contributed by atoms with Crippen molar-refractivity contribution in [2.75, 3.05) is 10.6 Å². The summed E-state index contributed by atoms with van der Waals surface area (Å²) in [5.74, 6) is 0.0128. The number of nitrogens with zero attached hydrogens (tertiary/aromatic N) is 2. The molecule has 0 aliphatic carbocycles. The zero-order valence-corrected chi connectivity index (χ0v) is 21.5. The number of hydrogen-bond acceptors (Lipinski definition) is 5. The fourth-order valence-corrected chi connectivity index (χ4v) is 4.30. The second-order valence-electron chi connectivity index (χ2n) is 8.15. The smallest absolute Gasteiger partial charge is 0.319 e. The molecule has 3 N–H and O–H groups in total. The van der Waals surface area contributed by atoms with Crippen LogP contribution in [0.15, 0.2) is 53.0 Å². The molecule has 3 aromatic rings. The molecule has 0 bridgehead atoms. The zero-order valence-electron chi connectivity index (χ0n) is 19.1. The summed E-state index contributed by atoms with van der Waals surface area (Å²) in [6.07, 6.45) is 0.723. The lowest BCUT2D eigenvalue weighted by atomic mass is 9.98. The average molecular weight is 530 g/mol. The summed E-state index contributed by atoms with van der Waals surface area (Å²) in [7, 11) is 0. The standard InChI is InChI=1S/C24H28BrN5O2S/c1-5-15(4)20(27-23(32)26-19-11-9-16(10-12-19)14(2)3)21(31)28-24-30-29-22(33-24)17-7-6-8-18(25)13-17/h6-15,20H,5H2,1-4H3,(H2,26,27,32)(H,28,30,31). The number of amides is 3. The van der Waals surface area contributed by atoms with Gasteiger partial charge in [-0.1, -0.05) is 85.6 Å². The fraction of sp³-hybridized carbons (Fsp3) is 0.333. The Bertz CT molecular complexity index is 1100. The van der Waals surface area contributed by atoms with E-state index in [-0.39, 0.29) is 11.8 Å². The predicted molar refractivity (Wildman–Crippen MR) is 138 cm³/mol. The Hall–Kier alpha value is -2.78.